The summed E-state index contributed by atoms with van der Waals surface area (Å²) in [6, 6.07) is 5.42. The Labute approximate surface area is 80.5 Å². The van der Waals surface area contributed by atoms with Gasteiger partial charge in [0, 0.05) is 12.1 Å². The highest BCUT2D eigenvalue weighted by Crippen LogP contribution is 2.08. The number of anilines is 1. The van der Waals surface area contributed by atoms with Crippen molar-refractivity contribution in [2.75, 3.05) is 5.73 Å². The summed E-state index contributed by atoms with van der Waals surface area (Å²) in [6.07, 6.45) is 0.0894. The highest BCUT2D eigenvalue weighted by molar-refractivity contribution is 5.73. The minimum Gasteiger partial charge on any atom is -0.480 e. The van der Waals surface area contributed by atoms with Crippen LogP contribution in [0.4, 0.5) is 10.2 Å². The first-order valence-electron chi connectivity index (χ1n) is 4.07. The molecule has 1 unspecified atom stereocenters. The van der Waals surface area contributed by atoms with Gasteiger partial charge in [-0.15, -0.1) is 10.0 Å². The maximum Gasteiger partial charge on any atom is 0.323 e. The van der Waals surface area contributed by atoms with Crippen molar-refractivity contribution in [3.63, 3.8) is 0 Å². The summed E-state index contributed by atoms with van der Waals surface area (Å²) in [5.41, 5.74) is 7.99. The van der Waals surface area contributed by atoms with Gasteiger partial charge in [0.05, 0.1) is 0 Å². The maximum atomic E-state index is 12.0. The van der Waals surface area contributed by atoms with Gasteiger partial charge in [-0.3, -0.25) is 4.79 Å². The molecule has 76 valence electrons. The van der Waals surface area contributed by atoms with Crippen LogP contribution in [0.15, 0.2) is 24.3 Å². The Morgan fingerprint density at radius 3 is 2.50 bits per heavy atom. The number of benzene rings is 1. The van der Waals surface area contributed by atoms with E-state index in [0.29, 0.717) is 5.69 Å². The Hall–Kier alpha value is -1.62. The van der Waals surface area contributed by atoms with Crippen molar-refractivity contribution < 1.29 is 14.4 Å². The minimum absolute atomic E-state index is 0.0894. The molecule has 14 heavy (non-hydrogen) atoms. The first kappa shape index (κ1) is 10.5. The topological polar surface area (TPSA) is 75.3 Å². The van der Waals surface area contributed by atoms with Crippen LogP contribution in [0.1, 0.15) is 5.56 Å². The fraction of sp³-hybridized carbons (Fsp3) is 0.222. The summed E-state index contributed by atoms with van der Waals surface area (Å²) in [5.74, 6) is -1.22. The molecule has 0 spiro atoms. The lowest BCUT2D eigenvalue weighted by molar-refractivity contribution is -0.140. The summed E-state index contributed by atoms with van der Waals surface area (Å²) in [5, 5.41) is 8.56. The van der Waals surface area contributed by atoms with Gasteiger partial charge in [-0.1, -0.05) is 12.1 Å². The van der Waals surface area contributed by atoms with Crippen molar-refractivity contribution in [1.29, 1.82) is 0 Å². The number of carboxylic acid groups (broad SMARTS) is 1. The number of halogens is 1. The molecule has 0 fully saturated rings. The highest BCUT2D eigenvalue weighted by atomic mass is 19.2. The Bertz CT molecular complexity index is 313. The highest BCUT2D eigenvalue weighted by Gasteiger charge is 2.16. The van der Waals surface area contributed by atoms with Crippen molar-refractivity contribution in [2.24, 2.45) is 0 Å². The normalized spacial score (nSPS) is 12.4. The van der Waals surface area contributed by atoms with Crippen LogP contribution >= 0.6 is 0 Å². The van der Waals surface area contributed by atoms with Gasteiger partial charge in [0.1, 0.15) is 6.04 Å². The fourth-order valence-electron chi connectivity index (χ4n) is 1.06. The van der Waals surface area contributed by atoms with Gasteiger partial charge < -0.3 is 10.8 Å². The molecule has 1 aromatic carbocycles. The van der Waals surface area contributed by atoms with Crippen LogP contribution in [-0.2, 0) is 11.2 Å². The van der Waals surface area contributed by atoms with Crippen molar-refractivity contribution in [2.45, 2.75) is 12.5 Å². The summed E-state index contributed by atoms with van der Waals surface area (Å²) < 4.78 is 12.0. The molecule has 0 aliphatic rings. The van der Waals surface area contributed by atoms with Gasteiger partial charge in [-0.2, -0.15) is 0 Å². The number of carbonyl (C=O) groups is 1. The lowest BCUT2D eigenvalue weighted by Gasteiger charge is -2.08. The Balaban J connectivity index is 2.67. The Morgan fingerprint density at radius 1 is 1.50 bits per heavy atom. The van der Waals surface area contributed by atoms with Gasteiger partial charge in [0.25, 0.3) is 0 Å². The number of nitrogen functional groups attached to an aromatic ring is 1. The van der Waals surface area contributed by atoms with E-state index in [0.717, 1.165) is 5.56 Å². The van der Waals surface area contributed by atoms with E-state index in [-0.39, 0.29) is 6.42 Å². The number of rotatable bonds is 4. The summed E-state index contributed by atoms with van der Waals surface area (Å²) in [4.78, 5) is 10.5. The number of carboxylic acids is 1. The van der Waals surface area contributed by atoms with Crippen LogP contribution in [-0.4, -0.2) is 17.1 Å². The molecular weight excluding hydrogens is 187 g/mol. The molecule has 0 aromatic heterocycles. The molecule has 0 saturated carbocycles. The summed E-state index contributed by atoms with van der Waals surface area (Å²) in [7, 11) is 0. The second-order valence-corrected chi connectivity index (χ2v) is 2.95. The number of hydrogen-bond acceptors (Lipinski definition) is 3. The van der Waals surface area contributed by atoms with Crippen molar-refractivity contribution in [3.05, 3.63) is 29.8 Å². The van der Waals surface area contributed by atoms with E-state index in [1.165, 1.54) is 5.54 Å². The lowest BCUT2D eigenvalue weighted by Crippen LogP contribution is -2.33. The molecule has 4 N–H and O–H groups in total. The zero-order chi connectivity index (χ0) is 10.6. The first-order valence-corrected chi connectivity index (χ1v) is 4.07. The van der Waals surface area contributed by atoms with Gasteiger partial charge in [0.15, 0.2) is 0 Å². The zero-order valence-electron chi connectivity index (χ0n) is 7.40. The Morgan fingerprint density at radius 2 is 2.07 bits per heavy atom. The van der Waals surface area contributed by atoms with E-state index in [9.17, 15) is 9.28 Å². The van der Waals surface area contributed by atoms with Gasteiger partial charge in [0.2, 0.25) is 0 Å². The molecule has 0 saturated heterocycles. The van der Waals surface area contributed by atoms with E-state index >= 15 is 0 Å². The van der Waals surface area contributed by atoms with E-state index in [1.807, 2.05) is 0 Å². The SMILES string of the molecule is Nc1ccc(CC(NF)C(=O)O)cc1. The molecule has 0 aliphatic carbocycles. The smallest absolute Gasteiger partial charge is 0.323 e. The van der Waals surface area contributed by atoms with E-state index in [4.69, 9.17) is 10.8 Å². The van der Waals surface area contributed by atoms with Crippen molar-refractivity contribution in [1.82, 2.24) is 5.54 Å². The predicted octanol–water partition coefficient (Wildman–Crippen LogP) is 0.739. The van der Waals surface area contributed by atoms with Gasteiger partial charge in [-0.05, 0) is 17.7 Å². The average Bonchev–Trinajstić information content (AvgIpc) is 2.16. The van der Waals surface area contributed by atoms with E-state index in [1.54, 1.807) is 24.3 Å². The largest absolute Gasteiger partial charge is 0.480 e. The quantitative estimate of drug-likeness (QED) is 0.492. The predicted molar refractivity (Wildman–Crippen MR) is 50.2 cm³/mol. The molecule has 0 heterocycles. The molecule has 1 rings (SSSR count). The standard InChI is InChI=1S/C9H11FN2O2/c10-12-8(9(13)14)5-6-1-3-7(11)4-2-6/h1-4,8,12H,5,11H2,(H,13,14). The monoisotopic (exact) mass is 198 g/mol. The molecule has 0 radical (unpaired) electrons. The van der Waals surface area contributed by atoms with Crippen molar-refractivity contribution >= 4 is 11.7 Å². The third kappa shape index (κ3) is 2.70. The second-order valence-electron chi connectivity index (χ2n) is 2.95. The van der Waals surface area contributed by atoms with Gasteiger partial charge in [-0.25, -0.2) is 0 Å². The maximum absolute atomic E-state index is 12.0. The molecule has 0 bridgehead atoms. The van der Waals surface area contributed by atoms with Crippen LogP contribution < -0.4 is 11.3 Å². The molecule has 1 atom stereocenters. The second kappa shape index (κ2) is 4.57. The van der Waals surface area contributed by atoms with Crippen molar-refractivity contribution in [3.8, 4) is 0 Å². The molecule has 0 amide bonds. The summed E-state index contributed by atoms with van der Waals surface area (Å²) >= 11 is 0. The lowest BCUT2D eigenvalue weighted by atomic mass is 10.1. The summed E-state index contributed by atoms with van der Waals surface area (Å²) in [6.45, 7) is 0. The van der Waals surface area contributed by atoms with Crippen LogP contribution in [0.5, 0.6) is 0 Å². The minimum atomic E-state index is -1.22. The molecule has 4 nitrogen and oxygen atoms in total. The average molecular weight is 198 g/mol. The number of nitrogens with one attached hydrogen (secondary N) is 1. The van der Waals surface area contributed by atoms with Crippen LogP contribution in [0.25, 0.3) is 0 Å². The number of nitrogens with two attached hydrogens (primary N) is 1. The van der Waals surface area contributed by atoms with E-state index in [2.05, 4.69) is 0 Å². The molecule has 0 aliphatic heterocycles. The number of hydrogen-bond donors (Lipinski definition) is 3. The van der Waals surface area contributed by atoms with Crippen LogP contribution in [0, 0.1) is 0 Å². The fourth-order valence-corrected chi connectivity index (χ4v) is 1.06. The van der Waals surface area contributed by atoms with Crippen LogP contribution in [0.2, 0.25) is 0 Å². The van der Waals surface area contributed by atoms with Crippen LogP contribution in [0.3, 0.4) is 0 Å². The third-order valence-corrected chi connectivity index (χ3v) is 1.85. The molecule has 5 heteroatoms. The Kier molecular flexibility index (Phi) is 3.41. The zero-order valence-corrected chi connectivity index (χ0v) is 7.40. The molecular formula is C9H11FN2O2. The van der Waals surface area contributed by atoms with Gasteiger partial charge >= 0.3 is 5.97 Å². The number of aliphatic carboxylic acids is 1. The first-order chi connectivity index (χ1) is 6.63. The third-order valence-electron chi connectivity index (χ3n) is 1.85. The van der Waals surface area contributed by atoms with E-state index < -0.39 is 12.0 Å². The molecule has 1 aromatic rings.